The standard InChI is InChI=1S/C15H12N2O3S/c18-14(12-5-7-19-10-12)17-9-11-1-3-13(4-2-11)20-15-16-6-8-21-15/h1-8,10H,9H2,(H,17,18). The predicted molar refractivity (Wildman–Crippen MR) is 78.5 cm³/mol. The molecular weight excluding hydrogens is 288 g/mol. The average Bonchev–Trinajstić information content (AvgIpc) is 3.19. The molecule has 0 fully saturated rings. The summed E-state index contributed by atoms with van der Waals surface area (Å²) in [7, 11) is 0. The van der Waals surface area contributed by atoms with Crippen LogP contribution in [-0.2, 0) is 6.54 Å². The summed E-state index contributed by atoms with van der Waals surface area (Å²) in [5.74, 6) is 0.557. The Labute approximate surface area is 125 Å². The molecule has 0 spiro atoms. The second-order valence-electron chi connectivity index (χ2n) is 4.24. The van der Waals surface area contributed by atoms with Gasteiger partial charge in [0.25, 0.3) is 11.1 Å². The molecule has 2 aromatic heterocycles. The van der Waals surface area contributed by atoms with E-state index < -0.39 is 0 Å². The zero-order valence-corrected chi connectivity index (χ0v) is 11.8. The van der Waals surface area contributed by atoms with Crippen molar-refractivity contribution >= 4 is 17.2 Å². The minimum absolute atomic E-state index is 0.160. The number of rotatable bonds is 5. The van der Waals surface area contributed by atoms with Gasteiger partial charge >= 0.3 is 0 Å². The maximum Gasteiger partial charge on any atom is 0.278 e. The summed E-state index contributed by atoms with van der Waals surface area (Å²) in [5.41, 5.74) is 1.50. The molecule has 3 rings (SSSR count). The molecule has 0 bridgehead atoms. The third-order valence-corrected chi connectivity index (χ3v) is 3.42. The van der Waals surface area contributed by atoms with E-state index in [4.69, 9.17) is 9.15 Å². The van der Waals surface area contributed by atoms with Crippen molar-refractivity contribution < 1.29 is 13.9 Å². The van der Waals surface area contributed by atoms with Crippen LogP contribution in [0.4, 0.5) is 0 Å². The lowest BCUT2D eigenvalue weighted by Gasteiger charge is -2.05. The number of nitrogens with zero attached hydrogens (tertiary/aromatic N) is 1. The number of thiazole rings is 1. The van der Waals surface area contributed by atoms with Gasteiger partial charge in [-0.05, 0) is 23.8 Å². The summed E-state index contributed by atoms with van der Waals surface area (Å²) in [4.78, 5) is 15.8. The highest BCUT2D eigenvalue weighted by Gasteiger charge is 2.06. The molecule has 106 valence electrons. The van der Waals surface area contributed by atoms with Gasteiger partial charge in [0.1, 0.15) is 12.0 Å². The quantitative estimate of drug-likeness (QED) is 0.783. The number of hydrogen-bond acceptors (Lipinski definition) is 5. The lowest BCUT2D eigenvalue weighted by atomic mass is 10.2. The number of benzene rings is 1. The molecule has 5 nitrogen and oxygen atoms in total. The van der Waals surface area contributed by atoms with Crippen molar-refractivity contribution in [2.45, 2.75) is 6.54 Å². The topological polar surface area (TPSA) is 64.4 Å². The van der Waals surface area contributed by atoms with Gasteiger partial charge in [-0.3, -0.25) is 4.79 Å². The van der Waals surface area contributed by atoms with Gasteiger partial charge in [0.2, 0.25) is 0 Å². The zero-order chi connectivity index (χ0) is 14.5. The van der Waals surface area contributed by atoms with E-state index in [0.717, 1.165) is 11.3 Å². The summed E-state index contributed by atoms with van der Waals surface area (Å²) >= 11 is 1.44. The number of ether oxygens (including phenoxy) is 1. The van der Waals surface area contributed by atoms with Gasteiger partial charge in [-0.1, -0.05) is 23.5 Å². The van der Waals surface area contributed by atoms with Gasteiger partial charge in [-0.2, -0.15) is 0 Å². The largest absolute Gasteiger partial charge is 0.472 e. The van der Waals surface area contributed by atoms with Crippen LogP contribution in [0.2, 0.25) is 0 Å². The second-order valence-corrected chi connectivity index (χ2v) is 5.10. The van der Waals surface area contributed by atoms with Gasteiger partial charge in [0, 0.05) is 18.1 Å². The minimum atomic E-state index is -0.160. The van der Waals surface area contributed by atoms with Crippen molar-refractivity contribution in [2.24, 2.45) is 0 Å². The van der Waals surface area contributed by atoms with Gasteiger partial charge in [-0.25, -0.2) is 4.98 Å². The van der Waals surface area contributed by atoms with E-state index in [0.29, 0.717) is 17.3 Å². The fourth-order valence-corrected chi connectivity index (χ4v) is 2.22. The lowest BCUT2D eigenvalue weighted by molar-refractivity contribution is 0.0950. The fourth-order valence-electron chi connectivity index (χ4n) is 1.71. The summed E-state index contributed by atoms with van der Waals surface area (Å²) in [6, 6.07) is 9.12. The number of carbonyl (C=O) groups is 1. The van der Waals surface area contributed by atoms with Crippen molar-refractivity contribution in [3.8, 4) is 10.9 Å². The molecule has 0 radical (unpaired) electrons. The second kappa shape index (κ2) is 6.23. The molecule has 2 heterocycles. The molecule has 0 aliphatic carbocycles. The molecule has 0 atom stereocenters. The van der Waals surface area contributed by atoms with Gasteiger partial charge < -0.3 is 14.5 Å². The first-order valence-corrected chi connectivity index (χ1v) is 7.16. The van der Waals surface area contributed by atoms with Gasteiger partial charge in [-0.15, -0.1) is 0 Å². The highest BCUT2D eigenvalue weighted by atomic mass is 32.1. The Morgan fingerprint density at radius 3 is 2.81 bits per heavy atom. The average molecular weight is 300 g/mol. The number of amides is 1. The van der Waals surface area contributed by atoms with E-state index in [1.807, 2.05) is 29.6 Å². The summed E-state index contributed by atoms with van der Waals surface area (Å²) in [6.45, 7) is 0.446. The monoisotopic (exact) mass is 300 g/mol. The van der Waals surface area contributed by atoms with Crippen molar-refractivity contribution in [3.63, 3.8) is 0 Å². The van der Waals surface area contributed by atoms with Crippen molar-refractivity contribution in [1.29, 1.82) is 0 Å². The number of aromatic nitrogens is 1. The minimum Gasteiger partial charge on any atom is -0.472 e. The van der Waals surface area contributed by atoms with Crippen LogP contribution in [0.3, 0.4) is 0 Å². The van der Waals surface area contributed by atoms with Crippen molar-refractivity contribution in [1.82, 2.24) is 10.3 Å². The molecule has 0 aliphatic rings. The summed E-state index contributed by atoms with van der Waals surface area (Å²) in [5, 5.41) is 5.28. The maximum atomic E-state index is 11.8. The van der Waals surface area contributed by atoms with Crippen LogP contribution in [0.1, 0.15) is 15.9 Å². The Hall–Kier alpha value is -2.60. The van der Waals surface area contributed by atoms with Crippen LogP contribution in [-0.4, -0.2) is 10.9 Å². The first-order valence-electron chi connectivity index (χ1n) is 6.28. The molecule has 6 heteroatoms. The number of hydrogen-bond donors (Lipinski definition) is 1. The first-order chi connectivity index (χ1) is 10.3. The molecule has 0 aliphatic heterocycles. The normalized spacial score (nSPS) is 10.3. The first kappa shape index (κ1) is 13.4. The molecule has 1 amide bonds. The Kier molecular flexibility index (Phi) is 3.97. The van der Waals surface area contributed by atoms with Crippen LogP contribution in [0.25, 0.3) is 0 Å². The van der Waals surface area contributed by atoms with E-state index in [1.54, 1.807) is 12.3 Å². The molecule has 1 aromatic carbocycles. The highest BCUT2D eigenvalue weighted by Crippen LogP contribution is 2.23. The van der Waals surface area contributed by atoms with Crippen LogP contribution in [0, 0.1) is 0 Å². The number of furan rings is 1. The van der Waals surface area contributed by atoms with Crippen molar-refractivity contribution in [2.75, 3.05) is 0 Å². The van der Waals surface area contributed by atoms with E-state index in [2.05, 4.69) is 10.3 Å². The lowest BCUT2D eigenvalue weighted by Crippen LogP contribution is -2.22. The summed E-state index contributed by atoms with van der Waals surface area (Å²) in [6.07, 6.45) is 4.58. The molecule has 0 unspecified atom stereocenters. The fraction of sp³-hybridized carbons (Fsp3) is 0.0667. The molecular formula is C15H12N2O3S. The van der Waals surface area contributed by atoms with E-state index in [-0.39, 0.29) is 5.91 Å². The summed E-state index contributed by atoms with van der Waals surface area (Å²) < 4.78 is 10.4. The number of nitrogens with one attached hydrogen (secondary N) is 1. The van der Waals surface area contributed by atoms with Crippen LogP contribution >= 0.6 is 11.3 Å². The van der Waals surface area contributed by atoms with E-state index >= 15 is 0 Å². The zero-order valence-electron chi connectivity index (χ0n) is 11.0. The van der Waals surface area contributed by atoms with Crippen LogP contribution in [0.5, 0.6) is 10.9 Å². The molecule has 1 N–H and O–H groups in total. The number of carbonyl (C=O) groups excluding carboxylic acids is 1. The van der Waals surface area contributed by atoms with Gasteiger partial charge in [0.15, 0.2) is 0 Å². The third-order valence-electron chi connectivity index (χ3n) is 2.77. The third kappa shape index (κ3) is 3.49. The predicted octanol–water partition coefficient (Wildman–Crippen LogP) is 3.46. The van der Waals surface area contributed by atoms with E-state index in [9.17, 15) is 4.79 Å². The maximum absolute atomic E-state index is 11.8. The molecule has 21 heavy (non-hydrogen) atoms. The smallest absolute Gasteiger partial charge is 0.278 e. The molecule has 3 aromatic rings. The Morgan fingerprint density at radius 2 is 2.14 bits per heavy atom. The van der Waals surface area contributed by atoms with E-state index in [1.165, 1.54) is 23.9 Å². The Morgan fingerprint density at radius 1 is 1.29 bits per heavy atom. The van der Waals surface area contributed by atoms with Crippen molar-refractivity contribution in [3.05, 3.63) is 65.6 Å². The SMILES string of the molecule is O=C(NCc1ccc(Oc2nccs2)cc1)c1ccoc1. The molecule has 0 saturated heterocycles. The van der Waals surface area contributed by atoms with Gasteiger partial charge in [0.05, 0.1) is 11.8 Å². The van der Waals surface area contributed by atoms with Crippen LogP contribution in [0.15, 0.2) is 58.9 Å². The highest BCUT2D eigenvalue weighted by molar-refractivity contribution is 7.11. The van der Waals surface area contributed by atoms with Crippen LogP contribution < -0.4 is 10.1 Å². The molecule has 0 saturated carbocycles. The Balaban J connectivity index is 1.56. The Bertz CT molecular complexity index is 691.